The highest BCUT2D eigenvalue weighted by molar-refractivity contribution is 7.88. The molecule has 0 saturated carbocycles. The van der Waals surface area contributed by atoms with E-state index in [0.717, 1.165) is 6.07 Å². The van der Waals surface area contributed by atoms with Crippen molar-refractivity contribution in [2.24, 2.45) is 0 Å². The molecule has 21 heavy (non-hydrogen) atoms. The van der Waals surface area contributed by atoms with Crippen molar-refractivity contribution in [3.05, 3.63) is 42.2 Å². The van der Waals surface area contributed by atoms with Gasteiger partial charge < -0.3 is 14.2 Å². The van der Waals surface area contributed by atoms with Gasteiger partial charge in [0.1, 0.15) is 5.82 Å². The van der Waals surface area contributed by atoms with Crippen molar-refractivity contribution in [3.63, 3.8) is 0 Å². The van der Waals surface area contributed by atoms with E-state index in [4.69, 9.17) is 14.2 Å². The third-order valence-electron chi connectivity index (χ3n) is 3.02. The van der Waals surface area contributed by atoms with Crippen molar-refractivity contribution < 1.29 is 27.0 Å². The Bertz CT molecular complexity index is 824. The highest BCUT2D eigenvalue weighted by Crippen LogP contribution is 2.36. The van der Waals surface area contributed by atoms with E-state index in [-0.39, 0.29) is 11.2 Å². The van der Waals surface area contributed by atoms with Crippen LogP contribution >= 0.6 is 0 Å². The molecule has 0 bridgehead atoms. The van der Waals surface area contributed by atoms with Crippen LogP contribution in [0.4, 0.5) is 10.1 Å². The van der Waals surface area contributed by atoms with Crippen molar-refractivity contribution in [3.8, 4) is 16.9 Å². The number of hydrogen-bond donors (Lipinski definition) is 3. The van der Waals surface area contributed by atoms with Gasteiger partial charge in [0.2, 0.25) is 0 Å². The zero-order chi connectivity index (χ0) is 15.2. The summed E-state index contributed by atoms with van der Waals surface area (Å²) in [5.74, 6) is -0.613. The predicted octanol–water partition coefficient (Wildman–Crippen LogP) is 0.222. The Kier molecular flexibility index (Phi) is 3.12. The van der Waals surface area contributed by atoms with Gasteiger partial charge >= 0.3 is 17.4 Å². The summed E-state index contributed by atoms with van der Waals surface area (Å²) in [6.45, 7) is 0. The molecule has 1 aliphatic heterocycles. The first-order valence-electron chi connectivity index (χ1n) is 5.88. The standard InChI is InChI=1S/C12H9BFNO5S/c14-10-3-1-7(5-9(10)13(16)17)8-2-4-11-12(6-8)20-21(18,19)15-11/h1-6,15-17H. The SMILES string of the molecule is O=S1(=O)Nc2ccc(-c3ccc(F)c(B(O)O)c3)cc2O1. The van der Waals surface area contributed by atoms with Crippen LogP contribution in [0.3, 0.4) is 0 Å². The summed E-state index contributed by atoms with van der Waals surface area (Å²) in [6, 6.07) is 8.41. The Balaban J connectivity index is 2.05. The molecule has 0 radical (unpaired) electrons. The van der Waals surface area contributed by atoms with Crippen LogP contribution in [-0.2, 0) is 10.3 Å². The van der Waals surface area contributed by atoms with E-state index >= 15 is 0 Å². The molecule has 0 unspecified atom stereocenters. The van der Waals surface area contributed by atoms with Crippen LogP contribution in [0.1, 0.15) is 0 Å². The summed E-state index contributed by atoms with van der Waals surface area (Å²) in [4.78, 5) is 0. The van der Waals surface area contributed by atoms with Crippen LogP contribution in [0.2, 0.25) is 0 Å². The van der Waals surface area contributed by atoms with Crippen LogP contribution in [0, 0.1) is 5.82 Å². The van der Waals surface area contributed by atoms with Gasteiger partial charge in [0.25, 0.3) is 0 Å². The van der Waals surface area contributed by atoms with Crippen molar-refractivity contribution >= 4 is 28.6 Å². The molecule has 1 aliphatic rings. The lowest BCUT2D eigenvalue weighted by atomic mass is 9.78. The number of fused-ring (bicyclic) bond motifs is 1. The molecule has 1 heterocycles. The summed E-state index contributed by atoms with van der Waals surface area (Å²) in [5, 5.41) is 18.2. The van der Waals surface area contributed by atoms with E-state index in [1.54, 1.807) is 6.07 Å². The molecular weight excluding hydrogens is 300 g/mol. The molecule has 0 aromatic heterocycles. The zero-order valence-corrected chi connectivity index (χ0v) is 11.3. The molecule has 0 fully saturated rings. The number of anilines is 1. The van der Waals surface area contributed by atoms with Gasteiger partial charge in [-0.05, 0) is 29.3 Å². The molecule has 0 aliphatic carbocycles. The Morgan fingerprint density at radius 3 is 2.48 bits per heavy atom. The molecule has 0 saturated heterocycles. The minimum absolute atomic E-state index is 0.128. The van der Waals surface area contributed by atoms with Crippen molar-refractivity contribution in [1.29, 1.82) is 0 Å². The number of nitrogens with one attached hydrogen (secondary N) is 1. The van der Waals surface area contributed by atoms with Gasteiger partial charge in [-0.25, -0.2) is 9.11 Å². The Morgan fingerprint density at radius 1 is 1.10 bits per heavy atom. The van der Waals surface area contributed by atoms with Crippen molar-refractivity contribution in [2.45, 2.75) is 0 Å². The van der Waals surface area contributed by atoms with E-state index in [2.05, 4.69) is 4.72 Å². The second-order valence-corrected chi connectivity index (χ2v) is 5.74. The lowest BCUT2D eigenvalue weighted by Crippen LogP contribution is -2.32. The highest BCUT2D eigenvalue weighted by Gasteiger charge is 2.25. The topological polar surface area (TPSA) is 95.9 Å². The summed E-state index contributed by atoms with van der Waals surface area (Å²) in [6.07, 6.45) is 0. The molecule has 0 spiro atoms. The first-order chi connectivity index (χ1) is 9.85. The zero-order valence-electron chi connectivity index (χ0n) is 10.4. The van der Waals surface area contributed by atoms with Gasteiger partial charge in [-0.15, -0.1) is 0 Å². The molecule has 3 rings (SSSR count). The molecule has 9 heteroatoms. The Labute approximate surface area is 120 Å². The average Bonchev–Trinajstić information content (AvgIpc) is 2.71. The lowest BCUT2D eigenvalue weighted by Gasteiger charge is -2.07. The van der Waals surface area contributed by atoms with E-state index < -0.39 is 23.2 Å². The lowest BCUT2D eigenvalue weighted by molar-refractivity contribution is 0.423. The Hall–Kier alpha value is -2.10. The summed E-state index contributed by atoms with van der Waals surface area (Å²) < 4.78 is 42.9. The Morgan fingerprint density at radius 2 is 1.76 bits per heavy atom. The fourth-order valence-electron chi connectivity index (χ4n) is 2.05. The van der Waals surface area contributed by atoms with Gasteiger partial charge in [0.05, 0.1) is 5.69 Å². The first kappa shape index (κ1) is 13.9. The summed E-state index contributed by atoms with van der Waals surface area (Å²) in [5.41, 5.74) is 1.09. The monoisotopic (exact) mass is 309 g/mol. The molecule has 6 nitrogen and oxygen atoms in total. The van der Waals surface area contributed by atoms with E-state index in [9.17, 15) is 12.8 Å². The largest absolute Gasteiger partial charge is 0.491 e. The molecule has 3 N–H and O–H groups in total. The molecule has 2 aromatic rings. The minimum atomic E-state index is -3.82. The van der Waals surface area contributed by atoms with Crippen LogP contribution in [0.25, 0.3) is 11.1 Å². The normalized spacial score (nSPS) is 15.0. The van der Waals surface area contributed by atoms with E-state index in [1.807, 2.05) is 0 Å². The third kappa shape index (κ3) is 2.58. The average molecular weight is 309 g/mol. The van der Waals surface area contributed by atoms with Crippen LogP contribution in [-0.4, -0.2) is 25.6 Å². The quantitative estimate of drug-likeness (QED) is 0.690. The van der Waals surface area contributed by atoms with Crippen molar-refractivity contribution in [1.82, 2.24) is 0 Å². The molecule has 0 atom stereocenters. The number of benzene rings is 2. The maximum atomic E-state index is 13.4. The summed E-state index contributed by atoms with van der Waals surface area (Å²) >= 11 is 0. The van der Waals surface area contributed by atoms with Crippen LogP contribution in [0.15, 0.2) is 36.4 Å². The maximum Gasteiger partial charge on any atom is 0.491 e. The van der Waals surface area contributed by atoms with Gasteiger partial charge in [0.15, 0.2) is 5.75 Å². The number of halogens is 1. The van der Waals surface area contributed by atoms with Gasteiger partial charge in [-0.1, -0.05) is 18.2 Å². The third-order valence-corrected chi connectivity index (χ3v) is 3.89. The number of rotatable bonds is 2. The summed E-state index contributed by atoms with van der Waals surface area (Å²) in [7, 11) is -5.76. The minimum Gasteiger partial charge on any atom is -0.423 e. The molecule has 108 valence electrons. The molecule has 0 amide bonds. The number of hydrogen-bond acceptors (Lipinski definition) is 5. The highest BCUT2D eigenvalue weighted by atomic mass is 32.2. The first-order valence-corrected chi connectivity index (χ1v) is 7.29. The van der Waals surface area contributed by atoms with E-state index in [0.29, 0.717) is 16.8 Å². The molecular formula is C12H9BFNO5S. The predicted molar refractivity (Wildman–Crippen MR) is 74.8 cm³/mol. The maximum absolute atomic E-state index is 13.4. The van der Waals surface area contributed by atoms with Gasteiger partial charge in [0, 0.05) is 5.46 Å². The fraction of sp³-hybridized carbons (Fsp3) is 0. The second-order valence-electron chi connectivity index (χ2n) is 4.46. The van der Waals surface area contributed by atoms with Crippen molar-refractivity contribution in [2.75, 3.05) is 4.72 Å². The molecule has 2 aromatic carbocycles. The fourth-order valence-corrected chi connectivity index (χ4v) is 2.90. The van der Waals surface area contributed by atoms with Crippen LogP contribution in [0.5, 0.6) is 5.75 Å². The van der Waals surface area contributed by atoms with Gasteiger partial charge in [-0.2, -0.15) is 8.42 Å². The van der Waals surface area contributed by atoms with Crippen LogP contribution < -0.4 is 14.4 Å². The second kappa shape index (κ2) is 4.73. The van der Waals surface area contributed by atoms with E-state index in [1.165, 1.54) is 24.3 Å². The van der Waals surface area contributed by atoms with Gasteiger partial charge in [-0.3, -0.25) is 0 Å². The smallest absolute Gasteiger partial charge is 0.423 e.